The van der Waals surface area contributed by atoms with Crippen molar-refractivity contribution in [3.63, 3.8) is 0 Å². The van der Waals surface area contributed by atoms with Crippen molar-refractivity contribution in [2.75, 3.05) is 12.4 Å². The number of aromatic nitrogens is 1. The van der Waals surface area contributed by atoms with Gasteiger partial charge < -0.3 is 10.1 Å². The van der Waals surface area contributed by atoms with Crippen LogP contribution in [0.1, 0.15) is 12.8 Å². The number of benzene rings is 1. The van der Waals surface area contributed by atoms with Crippen LogP contribution in [0.4, 0.5) is 5.69 Å². The second-order valence-electron chi connectivity index (χ2n) is 4.55. The van der Waals surface area contributed by atoms with Crippen molar-refractivity contribution in [2.45, 2.75) is 12.8 Å². The predicted octanol–water partition coefficient (Wildman–Crippen LogP) is 2.59. The molecular weight excluding hydrogens is 228 g/mol. The van der Waals surface area contributed by atoms with E-state index in [2.05, 4.69) is 10.3 Å². The summed E-state index contributed by atoms with van der Waals surface area (Å²) >= 11 is 0. The third-order valence-corrected chi connectivity index (χ3v) is 3.11. The minimum absolute atomic E-state index is 0.102. The first-order valence-electron chi connectivity index (χ1n) is 6.01. The first-order chi connectivity index (χ1) is 8.76. The van der Waals surface area contributed by atoms with Gasteiger partial charge in [0.05, 0.1) is 24.5 Å². The van der Waals surface area contributed by atoms with Crippen LogP contribution in [-0.2, 0) is 4.79 Å². The molecule has 1 aliphatic rings. The highest BCUT2D eigenvalue weighted by atomic mass is 16.5. The Labute approximate surface area is 105 Å². The van der Waals surface area contributed by atoms with Gasteiger partial charge in [0, 0.05) is 17.4 Å². The molecule has 0 radical (unpaired) electrons. The molecule has 4 heteroatoms. The van der Waals surface area contributed by atoms with E-state index in [0.29, 0.717) is 0 Å². The predicted molar refractivity (Wildman–Crippen MR) is 69.6 cm³/mol. The van der Waals surface area contributed by atoms with Gasteiger partial charge in [-0.05, 0) is 31.0 Å². The molecule has 1 amide bonds. The van der Waals surface area contributed by atoms with Gasteiger partial charge in [-0.2, -0.15) is 0 Å². The summed E-state index contributed by atoms with van der Waals surface area (Å²) < 4.78 is 5.15. The molecule has 3 rings (SSSR count). The summed E-state index contributed by atoms with van der Waals surface area (Å²) in [6, 6.07) is 7.63. The molecule has 0 atom stereocenters. The number of hydrogen-bond acceptors (Lipinski definition) is 3. The summed E-state index contributed by atoms with van der Waals surface area (Å²) in [6.45, 7) is 0. The van der Waals surface area contributed by atoms with Crippen molar-refractivity contribution in [1.29, 1.82) is 0 Å². The minimum Gasteiger partial charge on any atom is -0.497 e. The number of carbonyl (C=O) groups excluding carboxylic acids is 1. The molecule has 1 heterocycles. The Kier molecular flexibility index (Phi) is 2.63. The van der Waals surface area contributed by atoms with E-state index in [1.54, 1.807) is 13.3 Å². The van der Waals surface area contributed by atoms with Crippen LogP contribution in [0.5, 0.6) is 5.75 Å². The molecule has 0 unspecified atom stereocenters. The Hall–Kier alpha value is -2.10. The van der Waals surface area contributed by atoms with Gasteiger partial charge in [0.1, 0.15) is 5.75 Å². The van der Waals surface area contributed by atoms with Gasteiger partial charge in [-0.3, -0.25) is 9.78 Å². The van der Waals surface area contributed by atoms with Gasteiger partial charge in [-0.1, -0.05) is 0 Å². The van der Waals surface area contributed by atoms with Crippen molar-refractivity contribution < 1.29 is 9.53 Å². The molecule has 4 nitrogen and oxygen atoms in total. The highest BCUT2D eigenvalue weighted by molar-refractivity contribution is 5.95. The van der Waals surface area contributed by atoms with E-state index in [1.165, 1.54) is 0 Å². The molecule has 1 N–H and O–H groups in total. The fraction of sp³-hybridized carbons (Fsp3) is 0.286. The molecule has 0 saturated heterocycles. The van der Waals surface area contributed by atoms with E-state index in [1.807, 2.05) is 24.3 Å². The molecule has 2 aromatic rings. The van der Waals surface area contributed by atoms with Crippen molar-refractivity contribution in [1.82, 2.24) is 4.98 Å². The standard InChI is InChI=1S/C14H14N2O2/c1-18-12-5-4-10-6-11(8-15-13(10)7-12)16-14(17)9-2-3-9/h4-9H,2-3H2,1H3,(H,16,17). The molecule has 1 fully saturated rings. The average molecular weight is 242 g/mol. The summed E-state index contributed by atoms with van der Waals surface area (Å²) in [5.74, 6) is 1.09. The van der Waals surface area contributed by atoms with E-state index in [9.17, 15) is 4.79 Å². The Balaban J connectivity index is 1.88. The lowest BCUT2D eigenvalue weighted by atomic mass is 10.2. The lowest BCUT2D eigenvalue weighted by molar-refractivity contribution is -0.117. The summed E-state index contributed by atoms with van der Waals surface area (Å²) in [5, 5.41) is 3.88. The minimum atomic E-state index is 0.102. The number of ether oxygens (including phenoxy) is 1. The normalized spacial score (nSPS) is 14.5. The van der Waals surface area contributed by atoms with Crippen LogP contribution < -0.4 is 10.1 Å². The van der Waals surface area contributed by atoms with Crippen LogP contribution in [0.25, 0.3) is 10.9 Å². The maximum absolute atomic E-state index is 11.7. The van der Waals surface area contributed by atoms with Gasteiger partial charge >= 0.3 is 0 Å². The zero-order valence-corrected chi connectivity index (χ0v) is 10.1. The number of rotatable bonds is 3. The van der Waals surface area contributed by atoms with Crippen LogP contribution in [0.2, 0.25) is 0 Å². The zero-order valence-electron chi connectivity index (χ0n) is 10.1. The quantitative estimate of drug-likeness (QED) is 0.900. The molecule has 0 spiro atoms. The smallest absolute Gasteiger partial charge is 0.227 e. The fourth-order valence-electron chi connectivity index (χ4n) is 1.89. The fourth-order valence-corrected chi connectivity index (χ4v) is 1.89. The number of amides is 1. The maximum Gasteiger partial charge on any atom is 0.227 e. The van der Waals surface area contributed by atoms with E-state index >= 15 is 0 Å². The third kappa shape index (κ3) is 2.14. The van der Waals surface area contributed by atoms with Gasteiger partial charge in [0.2, 0.25) is 5.91 Å². The number of nitrogens with zero attached hydrogens (tertiary/aromatic N) is 1. The van der Waals surface area contributed by atoms with Crippen molar-refractivity contribution >= 4 is 22.5 Å². The summed E-state index contributed by atoms with van der Waals surface area (Å²) in [6.07, 6.45) is 3.69. The highest BCUT2D eigenvalue weighted by Gasteiger charge is 2.29. The highest BCUT2D eigenvalue weighted by Crippen LogP contribution is 2.30. The molecule has 0 aliphatic heterocycles. The van der Waals surface area contributed by atoms with Gasteiger partial charge in [-0.25, -0.2) is 0 Å². The largest absolute Gasteiger partial charge is 0.497 e. The molecule has 1 saturated carbocycles. The second kappa shape index (κ2) is 4.29. The van der Waals surface area contributed by atoms with Crippen LogP contribution >= 0.6 is 0 Å². The average Bonchev–Trinajstić information content (AvgIpc) is 3.22. The molecular formula is C14H14N2O2. The van der Waals surface area contributed by atoms with Crippen LogP contribution in [0.3, 0.4) is 0 Å². The lowest BCUT2D eigenvalue weighted by Crippen LogP contribution is -2.13. The molecule has 0 bridgehead atoms. The van der Waals surface area contributed by atoms with E-state index in [4.69, 9.17) is 4.74 Å². The number of pyridine rings is 1. The summed E-state index contributed by atoms with van der Waals surface area (Å²) in [5.41, 5.74) is 1.61. The zero-order chi connectivity index (χ0) is 12.5. The lowest BCUT2D eigenvalue weighted by Gasteiger charge is -2.06. The maximum atomic E-state index is 11.7. The monoisotopic (exact) mass is 242 g/mol. The molecule has 1 aromatic heterocycles. The van der Waals surface area contributed by atoms with Gasteiger partial charge in [0.25, 0.3) is 0 Å². The van der Waals surface area contributed by atoms with Crippen LogP contribution in [0, 0.1) is 5.92 Å². The third-order valence-electron chi connectivity index (χ3n) is 3.11. The number of fused-ring (bicyclic) bond motifs is 1. The molecule has 1 aromatic carbocycles. The van der Waals surface area contributed by atoms with E-state index in [0.717, 1.165) is 35.2 Å². The Morgan fingerprint density at radius 2 is 2.22 bits per heavy atom. The van der Waals surface area contributed by atoms with E-state index < -0.39 is 0 Å². The van der Waals surface area contributed by atoms with Crippen LogP contribution in [-0.4, -0.2) is 18.0 Å². The Morgan fingerprint density at radius 1 is 1.39 bits per heavy atom. The summed E-state index contributed by atoms with van der Waals surface area (Å²) in [7, 11) is 1.63. The number of carbonyl (C=O) groups is 1. The second-order valence-corrected chi connectivity index (χ2v) is 4.55. The SMILES string of the molecule is COc1ccc2cc(NC(=O)C3CC3)cnc2c1. The number of nitrogens with one attached hydrogen (secondary N) is 1. The number of anilines is 1. The topological polar surface area (TPSA) is 51.2 Å². The van der Waals surface area contributed by atoms with Crippen LogP contribution in [0.15, 0.2) is 30.5 Å². The Morgan fingerprint density at radius 3 is 2.94 bits per heavy atom. The number of methoxy groups -OCH3 is 1. The van der Waals surface area contributed by atoms with Gasteiger partial charge in [0.15, 0.2) is 0 Å². The molecule has 92 valence electrons. The molecule has 18 heavy (non-hydrogen) atoms. The summed E-state index contributed by atoms with van der Waals surface area (Å²) in [4.78, 5) is 16.0. The van der Waals surface area contributed by atoms with Crippen molar-refractivity contribution in [2.24, 2.45) is 5.92 Å². The number of hydrogen-bond donors (Lipinski definition) is 1. The molecule has 1 aliphatic carbocycles. The van der Waals surface area contributed by atoms with Crippen molar-refractivity contribution in [3.8, 4) is 5.75 Å². The first-order valence-corrected chi connectivity index (χ1v) is 6.01. The van der Waals surface area contributed by atoms with E-state index in [-0.39, 0.29) is 11.8 Å². The van der Waals surface area contributed by atoms with Gasteiger partial charge in [-0.15, -0.1) is 0 Å². The van der Waals surface area contributed by atoms with Crippen molar-refractivity contribution in [3.05, 3.63) is 30.5 Å². The first kappa shape index (κ1) is 11.0. The Bertz CT molecular complexity index is 606.